The van der Waals surface area contributed by atoms with Gasteiger partial charge in [0, 0.05) is 36.8 Å². The molecule has 0 heterocycles. The number of primary amides is 1. The number of methoxy groups -OCH3 is 1. The quantitative estimate of drug-likeness (QED) is 0.251. The second-order valence-corrected chi connectivity index (χ2v) is 11.6. The molecule has 0 spiro atoms. The number of carbonyl (C=O) groups excluding carboxylic acids is 4. The molecule has 3 aliphatic carbocycles. The zero-order chi connectivity index (χ0) is 31.7. The van der Waals surface area contributed by atoms with Gasteiger partial charge in [0.2, 0.25) is 5.78 Å². The molecular formula is C31H33N3O9. The summed E-state index contributed by atoms with van der Waals surface area (Å²) in [4.78, 5) is 55.1. The minimum absolute atomic E-state index is 0.00384. The van der Waals surface area contributed by atoms with Crippen LogP contribution < -0.4 is 10.6 Å². The van der Waals surface area contributed by atoms with Crippen LogP contribution in [0.15, 0.2) is 53.0 Å². The molecule has 3 aliphatic rings. The van der Waals surface area contributed by atoms with E-state index in [0.717, 1.165) is 0 Å². The number of aromatic hydroxyl groups is 1. The van der Waals surface area contributed by atoms with Gasteiger partial charge >= 0.3 is 5.97 Å². The summed E-state index contributed by atoms with van der Waals surface area (Å²) in [7, 11) is 7.97. The maximum Gasteiger partial charge on any atom is 0.337 e. The number of likely N-dealkylation sites (N-methyl/N-ethyl adjacent to an activating group) is 1. The number of anilines is 1. The number of ether oxygens (including phenoxy) is 1. The average molecular weight is 592 g/mol. The van der Waals surface area contributed by atoms with Crippen molar-refractivity contribution in [2.45, 2.75) is 24.5 Å². The molecule has 0 aromatic heterocycles. The molecule has 0 unspecified atom stereocenters. The zero-order valence-corrected chi connectivity index (χ0v) is 24.3. The molecule has 4 atom stereocenters. The van der Waals surface area contributed by atoms with Gasteiger partial charge in [0.25, 0.3) is 5.91 Å². The van der Waals surface area contributed by atoms with Crippen molar-refractivity contribution in [1.29, 1.82) is 0 Å². The van der Waals surface area contributed by atoms with Gasteiger partial charge in [-0.1, -0.05) is 12.1 Å². The predicted octanol–water partition coefficient (Wildman–Crippen LogP) is 1.64. The van der Waals surface area contributed by atoms with E-state index in [1.165, 1.54) is 24.1 Å². The van der Waals surface area contributed by atoms with Crippen molar-refractivity contribution in [3.05, 3.63) is 69.7 Å². The molecule has 0 radical (unpaired) electrons. The van der Waals surface area contributed by atoms with Crippen molar-refractivity contribution < 1.29 is 44.3 Å². The van der Waals surface area contributed by atoms with Crippen molar-refractivity contribution in [2.24, 2.45) is 17.6 Å². The maximum atomic E-state index is 14.2. The summed E-state index contributed by atoms with van der Waals surface area (Å²) in [6.45, 7) is 0. The van der Waals surface area contributed by atoms with Gasteiger partial charge in [0.1, 0.15) is 22.8 Å². The fraction of sp³-hybridized carbons (Fsp3) is 0.355. The average Bonchev–Trinajstić information content (AvgIpc) is 2.94. The van der Waals surface area contributed by atoms with E-state index in [1.807, 2.05) is 0 Å². The molecule has 0 saturated carbocycles. The number of ketones is 2. The third kappa shape index (κ3) is 4.20. The zero-order valence-electron chi connectivity index (χ0n) is 24.3. The summed E-state index contributed by atoms with van der Waals surface area (Å²) in [5.74, 6) is -7.60. The minimum atomic E-state index is -2.72. The summed E-state index contributed by atoms with van der Waals surface area (Å²) < 4.78 is 4.75. The van der Waals surface area contributed by atoms with E-state index in [9.17, 15) is 39.6 Å². The van der Waals surface area contributed by atoms with E-state index in [1.54, 1.807) is 51.3 Å². The summed E-state index contributed by atoms with van der Waals surface area (Å²) in [6, 6.07) is 6.90. The van der Waals surface area contributed by atoms with Crippen LogP contribution in [0.1, 0.15) is 32.7 Å². The first-order valence-corrected chi connectivity index (χ1v) is 13.6. The van der Waals surface area contributed by atoms with Crippen LogP contribution >= 0.6 is 0 Å². The molecule has 0 fully saturated rings. The molecule has 1 amide bonds. The molecular weight excluding hydrogens is 558 g/mol. The monoisotopic (exact) mass is 591 g/mol. The van der Waals surface area contributed by atoms with E-state index >= 15 is 0 Å². The predicted molar refractivity (Wildman–Crippen MR) is 155 cm³/mol. The minimum Gasteiger partial charge on any atom is -0.510 e. The van der Waals surface area contributed by atoms with Gasteiger partial charge in [-0.05, 0) is 62.2 Å². The van der Waals surface area contributed by atoms with Gasteiger partial charge in [-0.3, -0.25) is 19.3 Å². The molecule has 43 heavy (non-hydrogen) atoms. The van der Waals surface area contributed by atoms with Gasteiger partial charge in [0.05, 0.1) is 24.3 Å². The Hall–Kier alpha value is -4.68. The van der Waals surface area contributed by atoms with Gasteiger partial charge in [-0.25, -0.2) is 4.79 Å². The Labute approximate surface area is 247 Å². The molecule has 12 nitrogen and oxygen atoms in total. The van der Waals surface area contributed by atoms with Gasteiger partial charge in [-0.15, -0.1) is 0 Å². The summed E-state index contributed by atoms with van der Waals surface area (Å²) in [5.41, 5.74) is 3.68. The van der Waals surface area contributed by atoms with E-state index in [0.29, 0.717) is 22.4 Å². The van der Waals surface area contributed by atoms with Gasteiger partial charge < -0.3 is 35.8 Å². The first-order valence-electron chi connectivity index (χ1n) is 13.6. The lowest BCUT2D eigenvalue weighted by molar-refractivity contribution is -0.148. The van der Waals surface area contributed by atoms with Crippen molar-refractivity contribution in [3.8, 4) is 16.9 Å². The number of phenolic OH excluding ortho intramolecular Hbond substituents is 1. The summed E-state index contributed by atoms with van der Waals surface area (Å²) >= 11 is 0. The normalized spacial score (nSPS) is 24.9. The Morgan fingerprint density at radius 2 is 1.67 bits per heavy atom. The highest BCUT2D eigenvalue weighted by Gasteiger charge is 2.63. The Bertz CT molecular complexity index is 1660. The number of rotatable bonds is 5. The number of phenols is 1. The number of aliphatic hydroxyl groups is 3. The van der Waals surface area contributed by atoms with Crippen LogP contribution in [0, 0.1) is 11.8 Å². The van der Waals surface area contributed by atoms with Crippen molar-refractivity contribution in [1.82, 2.24) is 4.90 Å². The number of aliphatic hydroxyl groups excluding tert-OH is 2. The number of hydrogen-bond acceptors (Lipinski definition) is 11. The van der Waals surface area contributed by atoms with Crippen molar-refractivity contribution in [2.75, 3.05) is 40.2 Å². The van der Waals surface area contributed by atoms with Crippen LogP contribution in [-0.2, 0) is 20.7 Å². The number of Topliss-reactive ketones (excluding diaryl/α,β-unsaturated/α-hetero) is 2. The van der Waals surface area contributed by atoms with Crippen LogP contribution in [0.2, 0.25) is 0 Å². The van der Waals surface area contributed by atoms with Crippen LogP contribution in [0.5, 0.6) is 5.75 Å². The van der Waals surface area contributed by atoms with Crippen molar-refractivity contribution >= 4 is 29.1 Å². The van der Waals surface area contributed by atoms with E-state index in [2.05, 4.69) is 0 Å². The molecule has 2 aromatic carbocycles. The molecule has 0 bridgehead atoms. The third-order valence-corrected chi connectivity index (χ3v) is 8.80. The van der Waals surface area contributed by atoms with E-state index in [4.69, 9.17) is 10.5 Å². The number of fused-ring (bicyclic) bond motifs is 3. The number of nitrogens with zero attached hydrogens (tertiary/aromatic N) is 2. The van der Waals surface area contributed by atoms with Crippen LogP contribution in [0.3, 0.4) is 0 Å². The second kappa shape index (κ2) is 10.2. The number of carbonyl (C=O) groups is 4. The molecule has 5 rings (SSSR count). The Morgan fingerprint density at radius 3 is 2.21 bits per heavy atom. The van der Waals surface area contributed by atoms with Crippen LogP contribution in [0.25, 0.3) is 11.1 Å². The molecule has 12 heteroatoms. The topological polar surface area (TPSA) is 191 Å². The lowest BCUT2D eigenvalue weighted by atomic mass is 9.58. The van der Waals surface area contributed by atoms with Crippen LogP contribution in [0.4, 0.5) is 5.69 Å². The molecule has 226 valence electrons. The standard InChI is InChI=1S/C31H33N3O9/c1-33(2)19-12-16(13-6-8-14(9-7-13)30(41)43-5)24(35)21-17(19)10-15-11-18-23(34(3)4)26(37)22(29(32)40)28(39)31(18,42)27(38)20(15)25(21)36/h6-9,12,15,18,23,35,37-38,42H,10-11H2,1-5H3,(H2,32,40)/t15-,18+,23-,31-/m0/s1. The molecule has 2 aromatic rings. The largest absolute Gasteiger partial charge is 0.510 e. The van der Waals surface area contributed by atoms with Gasteiger partial charge in [0.15, 0.2) is 11.4 Å². The van der Waals surface area contributed by atoms with Gasteiger partial charge in [-0.2, -0.15) is 0 Å². The highest BCUT2D eigenvalue weighted by Crippen LogP contribution is 2.54. The fourth-order valence-corrected chi connectivity index (χ4v) is 6.82. The van der Waals surface area contributed by atoms with E-state index in [-0.39, 0.29) is 35.3 Å². The number of esters is 1. The molecule has 6 N–H and O–H groups in total. The molecule has 0 aliphatic heterocycles. The number of nitrogens with two attached hydrogens (primary N) is 1. The Morgan fingerprint density at radius 1 is 1.05 bits per heavy atom. The molecule has 0 saturated heterocycles. The van der Waals surface area contributed by atoms with E-state index < -0.39 is 64.0 Å². The van der Waals surface area contributed by atoms with Crippen LogP contribution in [-0.4, -0.2) is 95.7 Å². The number of benzene rings is 2. The number of hydrogen-bond donors (Lipinski definition) is 5. The third-order valence-electron chi connectivity index (χ3n) is 8.80. The number of amides is 1. The smallest absolute Gasteiger partial charge is 0.337 e. The fourth-order valence-electron chi connectivity index (χ4n) is 6.82. The summed E-state index contributed by atoms with van der Waals surface area (Å²) in [5, 5.41) is 45.8. The Kier molecular flexibility index (Phi) is 7.10. The summed E-state index contributed by atoms with van der Waals surface area (Å²) in [6.07, 6.45) is 0.160. The first kappa shape index (κ1) is 29.8. The Balaban J connectivity index is 1.72. The lowest BCUT2D eigenvalue weighted by Crippen LogP contribution is -2.63. The highest BCUT2D eigenvalue weighted by atomic mass is 16.5. The second-order valence-electron chi connectivity index (χ2n) is 11.6. The number of allylic oxidation sites excluding steroid dienone is 1. The first-order chi connectivity index (χ1) is 20.2. The SMILES string of the molecule is COC(=O)c1ccc(-c2cc(N(C)C)c3c(c2O)C(=O)C2=C(O)[C@]4(O)C(=O)C(C(N)=O)=C(O)[C@@H](N(C)C)[C@H]4C[C@@H]2C3)cc1. The highest BCUT2D eigenvalue weighted by molar-refractivity contribution is 6.25. The maximum absolute atomic E-state index is 14.2. The van der Waals surface area contributed by atoms with Crippen molar-refractivity contribution in [3.63, 3.8) is 0 Å². The lowest BCUT2D eigenvalue weighted by Gasteiger charge is -2.50.